The lowest BCUT2D eigenvalue weighted by Gasteiger charge is -2.34. The molecule has 2 aliphatic rings. The maximum absolute atomic E-state index is 13.2. The average molecular weight is 527 g/mol. The van der Waals surface area contributed by atoms with Crippen molar-refractivity contribution in [2.45, 2.75) is 76.9 Å². The van der Waals surface area contributed by atoms with Gasteiger partial charge >= 0.3 is 0 Å². The number of aliphatic hydroxyl groups is 1. The number of carbonyl (C=O) groups excluding carboxylic acids is 1. The van der Waals surface area contributed by atoms with Gasteiger partial charge in [-0.15, -0.1) is 0 Å². The molecule has 1 heterocycles. The molecule has 0 saturated heterocycles. The second-order valence-corrected chi connectivity index (χ2v) is 13.6. The lowest BCUT2D eigenvalue weighted by molar-refractivity contribution is 0.0916. The zero-order valence-electron chi connectivity index (χ0n) is 22.6. The van der Waals surface area contributed by atoms with Crippen molar-refractivity contribution in [2.75, 3.05) is 18.9 Å². The van der Waals surface area contributed by atoms with Gasteiger partial charge in [0, 0.05) is 24.7 Å². The summed E-state index contributed by atoms with van der Waals surface area (Å²) in [6.45, 7) is 10.2. The van der Waals surface area contributed by atoms with E-state index in [1.54, 1.807) is 19.1 Å². The Hall–Kier alpha value is -2.22. The van der Waals surface area contributed by atoms with E-state index < -0.39 is 15.9 Å². The van der Waals surface area contributed by atoms with Crippen LogP contribution in [-0.4, -0.2) is 43.2 Å². The maximum Gasteiger partial charge on any atom is 0.251 e. The van der Waals surface area contributed by atoms with Crippen molar-refractivity contribution in [3.63, 3.8) is 0 Å². The van der Waals surface area contributed by atoms with E-state index in [4.69, 9.17) is 0 Å². The fraction of sp³-hybridized carbons (Fsp3) is 0.567. The van der Waals surface area contributed by atoms with Gasteiger partial charge in [-0.3, -0.25) is 9.69 Å². The van der Waals surface area contributed by atoms with Crippen LogP contribution in [0.1, 0.15) is 92.5 Å². The maximum atomic E-state index is 13.2. The minimum atomic E-state index is -3.30. The first kappa shape index (κ1) is 27.8. The third kappa shape index (κ3) is 6.27. The number of hydrogen-bond acceptors (Lipinski definition) is 5. The molecule has 37 heavy (non-hydrogen) atoms. The summed E-state index contributed by atoms with van der Waals surface area (Å²) in [4.78, 5) is 16.0. The molecule has 6 nitrogen and oxygen atoms in total. The van der Waals surface area contributed by atoms with Crippen LogP contribution in [0.2, 0.25) is 0 Å². The van der Waals surface area contributed by atoms with Gasteiger partial charge in [0.15, 0.2) is 9.84 Å². The number of fused-ring (bicyclic) bond motifs is 1. The number of rotatable bonds is 9. The first-order chi connectivity index (χ1) is 17.6. The molecule has 1 amide bonds. The molecule has 0 aromatic heterocycles. The molecule has 0 spiro atoms. The molecule has 1 saturated carbocycles. The molecule has 2 aromatic rings. The van der Waals surface area contributed by atoms with Crippen LogP contribution in [-0.2, 0) is 16.4 Å². The van der Waals surface area contributed by atoms with Crippen LogP contribution in [0.25, 0.3) is 0 Å². The predicted molar refractivity (Wildman–Crippen MR) is 147 cm³/mol. The number of nitrogens with one attached hydrogen (secondary N) is 1. The summed E-state index contributed by atoms with van der Waals surface area (Å²) >= 11 is 0. The minimum Gasteiger partial charge on any atom is -0.394 e. The molecular formula is C30H42N2O4S. The summed E-state index contributed by atoms with van der Waals surface area (Å²) in [5.74, 6) is 1.87. The summed E-state index contributed by atoms with van der Waals surface area (Å²) in [6, 6.07) is 12.1. The number of nitrogens with zero attached hydrogens (tertiary/aromatic N) is 1. The smallest absolute Gasteiger partial charge is 0.251 e. The topological polar surface area (TPSA) is 86.7 Å². The number of amides is 1. The van der Waals surface area contributed by atoms with E-state index in [1.807, 2.05) is 12.1 Å². The molecule has 202 valence electrons. The van der Waals surface area contributed by atoms with Crippen molar-refractivity contribution in [3.05, 3.63) is 64.7 Å². The Bertz CT molecular complexity index is 1180. The summed E-state index contributed by atoms with van der Waals surface area (Å²) < 4.78 is 24.2. The van der Waals surface area contributed by atoms with E-state index in [9.17, 15) is 18.3 Å². The second kappa shape index (κ2) is 11.7. The van der Waals surface area contributed by atoms with E-state index in [0.29, 0.717) is 23.1 Å². The largest absolute Gasteiger partial charge is 0.394 e. The first-order valence-electron chi connectivity index (χ1n) is 13.7. The van der Waals surface area contributed by atoms with Crippen molar-refractivity contribution in [1.29, 1.82) is 0 Å². The van der Waals surface area contributed by atoms with Gasteiger partial charge in [0.05, 0.1) is 23.3 Å². The van der Waals surface area contributed by atoms with Crippen LogP contribution < -0.4 is 5.32 Å². The van der Waals surface area contributed by atoms with Gasteiger partial charge in [-0.05, 0) is 71.6 Å². The van der Waals surface area contributed by atoms with Gasteiger partial charge in [0.25, 0.3) is 5.91 Å². The Labute approximate surface area is 222 Å². The number of sulfone groups is 1. The molecule has 2 atom stereocenters. The van der Waals surface area contributed by atoms with Gasteiger partial charge in [-0.1, -0.05) is 58.7 Å². The third-order valence-corrected chi connectivity index (χ3v) is 10.0. The number of carbonyl (C=O) groups is 1. The minimum absolute atomic E-state index is 0.0276. The summed E-state index contributed by atoms with van der Waals surface area (Å²) in [6.07, 6.45) is 5.26. The number of hydrogen-bond donors (Lipinski definition) is 2. The third-order valence-electron chi connectivity index (χ3n) is 8.26. The first-order valence-corrected chi connectivity index (χ1v) is 15.4. The SMILES string of the molecule is CCS(=O)(=O)c1ccc([C@@H](CO)NC(=O)c2ccc3c(c2)CN(C[C@H]2CC[C@H](C)CC2)[C@@H]3C(C)C)cc1. The van der Waals surface area contributed by atoms with E-state index in [-0.39, 0.29) is 23.2 Å². The fourth-order valence-electron chi connectivity index (χ4n) is 6.04. The Morgan fingerprint density at radius 3 is 2.35 bits per heavy atom. The number of benzene rings is 2. The molecule has 1 aliphatic carbocycles. The summed E-state index contributed by atoms with van der Waals surface area (Å²) in [5, 5.41) is 12.9. The molecule has 4 rings (SSSR count). The summed E-state index contributed by atoms with van der Waals surface area (Å²) in [5.41, 5.74) is 3.78. The van der Waals surface area contributed by atoms with E-state index in [2.05, 4.69) is 37.1 Å². The van der Waals surface area contributed by atoms with Crippen molar-refractivity contribution in [2.24, 2.45) is 17.8 Å². The molecule has 1 aliphatic heterocycles. The zero-order valence-corrected chi connectivity index (χ0v) is 23.4. The molecule has 0 radical (unpaired) electrons. The normalized spacial score (nSPS) is 23.1. The molecule has 0 bridgehead atoms. The van der Waals surface area contributed by atoms with Crippen LogP contribution in [0, 0.1) is 17.8 Å². The lowest BCUT2D eigenvalue weighted by atomic mass is 9.82. The molecule has 1 fully saturated rings. The highest BCUT2D eigenvalue weighted by molar-refractivity contribution is 7.91. The van der Waals surface area contributed by atoms with Gasteiger partial charge in [0.1, 0.15) is 0 Å². The lowest BCUT2D eigenvalue weighted by Crippen LogP contribution is -2.32. The Morgan fingerprint density at radius 2 is 1.76 bits per heavy atom. The standard InChI is InChI=1S/C30H42N2O4S/c1-5-37(35,36)26-13-10-23(11-14-26)28(19-33)31-30(34)24-12-15-27-25(16-24)18-32(29(27)20(2)3)17-22-8-6-21(4)7-9-22/h10-16,20-22,28-29,33H,5-9,17-19H2,1-4H3,(H,31,34)/t21-,22-,28-,29-/m1/s1. The highest BCUT2D eigenvalue weighted by atomic mass is 32.2. The highest BCUT2D eigenvalue weighted by Crippen LogP contribution is 2.41. The number of aliphatic hydroxyl groups excluding tert-OH is 1. The Balaban J connectivity index is 1.47. The summed E-state index contributed by atoms with van der Waals surface area (Å²) in [7, 11) is -3.30. The van der Waals surface area contributed by atoms with E-state index >= 15 is 0 Å². The van der Waals surface area contributed by atoms with Gasteiger partial charge < -0.3 is 10.4 Å². The van der Waals surface area contributed by atoms with E-state index in [0.717, 1.165) is 24.9 Å². The van der Waals surface area contributed by atoms with Crippen LogP contribution in [0.5, 0.6) is 0 Å². The fourth-order valence-corrected chi connectivity index (χ4v) is 6.92. The monoisotopic (exact) mass is 526 g/mol. The van der Waals surface area contributed by atoms with E-state index in [1.165, 1.54) is 48.9 Å². The Kier molecular flexibility index (Phi) is 8.77. The van der Waals surface area contributed by atoms with Gasteiger partial charge in [-0.25, -0.2) is 8.42 Å². The van der Waals surface area contributed by atoms with Crippen LogP contribution in [0.4, 0.5) is 0 Å². The quantitative estimate of drug-likeness (QED) is 0.464. The molecular weight excluding hydrogens is 484 g/mol. The van der Waals surface area contributed by atoms with Crippen molar-refractivity contribution < 1.29 is 18.3 Å². The molecule has 0 unspecified atom stereocenters. The second-order valence-electron chi connectivity index (χ2n) is 11.3. The van der Waals surface area contributed by atoms with Crippen molar-refractivity contribution in [1.82, 2.24) is 10.2 Å². The van der Waals surface area contributed by atoms with Crippen molar-refractivity contribution in [3.8, 4) is 0 Å². The van der Waals surface area contributed by atoms with Gasteiger partial charge in [-0.2, -0.15) is 0 Å². The average Bonchev–Trinajstić information content (AvgIpc) is 3.25. The van der Waals surface area contributed by atoms with Crippen LogP contribution in [0.3, 0.4) is 0 Å². The highest BCUT2D eigenvalue weighted by Gasteiger charge is 2.34. The van der Waals surface area contributed by atoms with Crippen molar-refractivity contribution >= 4 is 15.7 Å². The molecule has 2 N–H and O–H groups in total. The predicted octanol–water partition coefficient (Wildman–Crippen LogP) is 5.28. The zero-order chi connectivity index (χ0) is 26.7. The molecule has 7 heteroatoms. The Morgan fingerprint density at radius 1 is 1.08 bits per heavy atom. The molecule has 2 aromatic carbocycles. The van der Waals surface area contributed by atoms with Gasteiger partial charge in [0.2, 0.25) is 0 Å². The van der Waals surface area contributed by atoms with Crippen LogP contribution >= 0.6 is 0 Å². The van der Waals surface area contributed by atoms with Crippen LogP contribution in [0.15, 0.2) is 47.4 Å².